The normalized spacial score (nSPS) is 14.8. The fourth-order valence-electron chi connectivity index (χ4n) is 3.30. The summed E-state index contributed by atoms with van der Waals surface area (Å²) in [6.45, 7) is 6.19. The first-order valence-corrected chi connectivity index (χ1v) is 13.9. The molecule has 12 heteroatoms. The Kier molecular flexibility index (Phi) is 7.97. The maximum atomic E-state index is 12.3. The summed E-state index contributed by atoms with van der Waals surface area (Å²) < 4.78 is 29.9. The topological polar surface area (TPSA) is 141 Å². The van der Waals surface area contributed by atoms with Crippen LogP contribution in [0.25, 0.3) is 21.8 Å². The average molecular weight is 518 g/mol. The number of thiazole rings is 1. The standard InChI is InChI=1S/C23H31N7O3S2/c1-14(2)27-23-25-13-21(34-23)20-10-19(28-22(29-20)24-11-15(3)31)18-7-5-4-6-16(18)12-26-35(32,33)30-17-8-9-17/h4-7,10,13-15,17,26,30-31H,8-9,11-12H2,1-3H3,(H,25,27)(H,24,28,29). The number of nitrogens with zero attached hydrogens (tertiary/aromatic N) is 3. The molecule has 0 bridgehead atoms. The van der Waals surface area contributed by atoms with Gasteiger partial charge in [-0.1, -0.05) is 35.6 Å². The van der Waals surface area contributed by atoms with Crippen LogP contribution in [0.5, 0.6) is 0 Å². The van der Waals surface area contributed by atoms with Crippen molar-refractivity contribution in [2.75, 3.05) is 17.2 Å². The van der Waals surface area contributed by atoms with Crippen molar-refractivity contribution in [3.63, 3.8) is 0 Å². The smallest absolute Gasteiger partial charge is 0.277 e. The van der Waals surface area contributed by atoms with Crippen LogP contribution in [0, 0.1) is 0 Å². The van der Waals surface area contributed by atoms with Gasteiger partial charge < -0.3 is 15.7 Å². The Balaban J connectivity index is 1.66. The van der Waals surface area contributed by atoms with Crippen LogP contribution in [0.15, 0.2) is 36.5 Å². The van der Waals surface area contributed by atoms with Gasteiger partial charge in [-0.25, -0.2) is 15.0 Å². The lowest BCUT2D eigenvalue weighted by Gasteiger charge is -2.14. The van der Waals surface area contributed by atoms with Gasteiger partial charge in [-0.3, -0.25) is 0 Å². The third-order valence-electron chi connectivity index (χ3n) is 5.10. The van der Waals surface area contributed by atoms with Crippen LogP contribution in [0.3, 0.4) is 0 Å². The maximum Gasteiger partial charge on any atom is 0.277 e. The maximum absolute atomic E-state index is 12.3. The lowest BCUT2D eigenvalue weighted by molar-refractivity contribution is 0.208. The minimum atomic E-state index is -3.59. The van der Waals surface area contributed by atoms with E-state index in [9.17, 15) is 13.5 Å². The third-order valence-corrected chi connectivity index (χ3v) is 7.22. The van der Waals surface area contributed by atoms with Crippen LogP contribution in [0.2, 0.25) is 0 Å². The summed E-state index contributed by atoms with van der Waals surface area (Å²) in [5.74, 6) is 0.371. The highest BCUT2D eigenvalue weighted by molar-refractivity contribution is 7.87. The molecular weight excluding hydrogens is 486 g/mol. The molecule has 0 radical (unpaired) electrons. The molecule has 1 fully saturated rings. The van der Waals surface area contributed by atoms with Crippen molar-refractivity contribution in [1.82, 2.24) is 24.4 Å². The highest BCUT2D eigenvalue weighted by Crippen LogP contribution is 2.32. The van der Waals surface area contributed by atoms with E-state index in [2.05, 4.69) is 35.0 Å². The number of hydrogen-bond acceptors (Lipinski definition) is 9. The van der Waals surface area contributed by atoms with Gasteiger partial charge in [0.25, 0.3) is 10.2 Å². The Labute approximate surface area is 209 Å². The molecule has 188 valence electrons. The summed E-state index contributed by atoms with van der Waals surface area (Å²) in [6, 6.07) is 9.68. The van der Waals surface area contributed by atoms with Crippen molar-refractivity contribution in [3.8, 4) is 21.8 Å². The Hall–Kier alpha value is -2.64. The number of benzene rings is 1. The molecule has 0 aliphatic heterocycles. The molecule has 0 amide bonds. The van der Waals surface area contributed by atoms with Crippen molar-refractivity contribution in [3.05, 3.63) is 42.1 Å². The van der Waals surface area contributed by atoms with Crippen molar-refractivity contribution in [1.29, 1.82) is 0 Å². The van der Waals surface area contributed by atoms with E-state index in [0.29, 0.717) is 23.9 Å². The molecule has 1 saturated carbocycles. The Bertz CT molecular complexity index is 1260. The van der Waals surface area contributed by atoms with Crippen molar-refractivity contribution >= 4 is 32.6 Å². The first-order valence-electron chi connectivity index (χ1n) is 11.6. The molecule has 2 heterocycles. The lowest BCUT2D eigenvalue weighted by Crippen LogP contribution is -2.37. The second-order valence-electron chi connectivity index (χ2n) is 8.89. The first-order chi connectivity index (χ1) is 16.7. The van der Waals surface area contributed by atoms with E-state index in [4.69, 9.17) is 0 Å². The van der Waals surface area contributed by atoms with Gasteiger partial charge in [0.2, 0.25) is 5.95 Å². The fourth-order valence-corrected chi connectivity index (χ4v) is 5.32. The number of aromatic nitrogens is 3. The molecule has 0 spiro atoms. The highest BCUT2D eigenvalue weighted by atomic mass is 32.2. The monoisotopic (exact) mass is 517 g/mol. The van der Waals surface area contributed by atoms with Gasteiger partial charge in [0.15, 0.2) is 5.13 Å². The molecule has 1 aliphatic rings. The molecule has 35 heavy (non-hydrogen) atoms. The van der Waals surface area contributed by atoms with E-state index in [0.717, 1.165) is 34.0 Å². The zero-order chi connectivity index (χ0) is 25.0. The second kappa shape index (κ2) is 11.0. The van der Waals surface area contributed by atoms with Crippen LogP contribution in [0.1, 0.15) is 39.2 Å². The zero-order valence-corrected chi connectivity index (χ0v) is 21.6. The Morgan fingerprint density at radius 1 is 1.14 bits per heavy atom. The summed E-state index contributed by atoms with van der Waals surface area (Å²) in [5.41, 5.74) is 2.89. The van der Waals surface area contributed by atoms with Gasteiger partial charge in [-0.15, -0.1) is 0 Å². The summed E-state index contributed by atoms with van der Waals surface area (Å²) >= 11 is 1.49. The average Bonchev–Trinajstić information content (AvgIpc) is 3.49. The summed E-state index contributed by atoms with van der Waals surface area (Å²) in [6.07, 6.45) is 2.94. The van der Waals surface area contributed by atoms with Gasteiger partial charge in [0.1, 0.15) is 0 Å². The molecule has 0 saturated heterocycles. The van der Waals surface area contributed by atoms with Gasteiger partial charge in [0.05, 0.1) is 22.4 Å². The predicted octanol–water partition coefficient (Wildman–Crippen LogP) is 2.97. The van der Waals surface area contributed by atoms with Gasteiger partial charge >= 0.3 is 0 Å². The van der Waals surface area contributed by atoms with E-state index in [1.54, 1.807) is 13.1 Å². The molecule has 10 nitrogen and oxygen atoms in total. The molecule has 1 aromatic carbocycles. The van der Waals surface area contributed by atoms with Crippen LogP contribution in [0.4, 0.5) is 11.1 Å². The Morgan fingerprint density at radius 3 is 2.60 bits per heavy atom. The minimum Gasteiger partial charge on any atom is -0.392 e. The number of aliphatic hydroxyl groups excluding tert-OH is 1. The van der Waals surface area contributed by atoms with E-state index < -0.39 is 16.3 Å². The molecule has 1 unspecified atom stereocenters. The fraction of sp³-hybridized carbons (Fsp3) is 0.435. The van der Waals surface area contributed by atoms with E-state index >= 15 is 0 Å². The zero-order valence-electron chi connectivity index (χ0n) is 19.9. The number of hydrogen-bond donors (Lipinski definition) is 5. The quantitative estimate of drug-likeness (QED) is 0.247. The molecule has 2 aromatic heterocycles. The van der Waals surface area contributed by atoms with Gasteiger partial charge in [0, 0.05) is 36.9 Å². The molecular formula is C23H31N7O3S2. The summed E-state index contributed by atoms with van der Waals surface area (Å²) in [4.78, 5) is 14.6. The first kappa shape index (κ1) is 25.5. The Morgan fingerprint density at radius 2 is 1.89 bits per heavy atom. The van der Waals surface area contributed by atoms with E-state index in [-0.39, 0.29) is 18.6 Å². The van der Waals surface area contributed by atoms with Crippen molar-refractivity contribution in [2.45, 2.75) is 58.3 Å². The SMILES string of the molecule is CC(O)CNc1nc(-c2cnc(NC(C)C)s2)cc(-c2ccccc2CNS(=O)(=O)NC2CC2)n1. The van der Waals surface area contributed by atoms with Crippen molar-refractivity contribution in [2.24, 2.45) is 0 Å². The number of rotatable bonds is 12. The lowest BCUT2D eigenvalue weighted by atomic mass is 10.0. The number of nitrogens with one attached hydrogen (secondary N) is 4. The van der Waals surface area contributed by atoms with E-state index in [1.165, 1.54) is 11.3 Å². The van der Waals surface area contributed by atoms with Crippen LogP contribution in [-0.4, -0.2) is 53.2 Å². The number of anilines is 2. The molecule has 5 N–H and O–H groups in total. The summed E-state index contributed by atoms with van der Waals surface area (Å²) in [7, 11) is -3.59. The largest absolute Gasteiger partial charge is 0.392 e. The van der Waals surface area contributed by atoms with Crippen molar-refractivity contribution < 1.29 is 13.5 Å². The van der Waals surface area contributed by atoms with Gasteiger partial charge in [-0.2, -0.15) is 17.9 Å². The molecule has 3 aromatic rings. The van der Waals surface area contributed by atoms with Crippen LogP contribution >= 0.6 is 11.3 Å². The molecule has 4 rings (SSSR count). The van der Waals surface area contributed by atoms with Crippen LogP contribution in [-0.2, 0) is 16.8 Å². The molecule has 1 aliphatic carbocycles. The second-order valence-corrected chi connectivity index (χ2v) is 11.5. The van der Waals surface area contributed by atoms with Gasteiger partial charge in [-0.05, 0) is 45.2 Å². The highest BCUT2D eigenvalue weighted by Gasteiger charge is 2.26. The number of aliphatic hydroxyl groups is 1. The summed E-state index contributed by atoms with van der Waals surface area (Å²) in [5, 5.41) is 16.9. The third kappa shape index (κ3) is 7.42. The predicted molar refractivity (Wildman–Crippen MR) is 139 cm³/mol. The minimum absolute atomic E-state index is 0.0317. The van der Waals surface area contributed by atoms with E-state index in [1.807, 2.05) is 44.2 Å². The molecule has 1 atom stereocenters. The van der Waals surface area contributed by atoms with Crippen LogP contribution < -0.4 is 20.1 Å².